The van der Waals surface area contributed by atoms with Gasteiger partial charge in [-0.3, -0.25) is 4.68 Å². The van der Waals surface area contributed by atoms with Crippen molar-refractivity contribution in [1.29, 1.82) is 0 Å². The molecule has 0 bridgehead atoms. The summed E-state index contributed by atoms with van der Waals surface area (Å²) in [5, 5.41) is 21.1. The van der Waals surface area contributed by atoms with Crippen molar-refractivity contribution in [3.63, 3.8) is 0 Å². The number of hydrogen-bond donors (Lipinski definition) is 1. The number of nitrogens with zero attached hydrogens (tertiary/aromatic N) is 5. The summed E-state index contributed by atoms with van der Waals surface area (Å²) in [5.41, 5.74) is 1.10. The lowest BCUT2D eigenvalue weighted by molar-refractivity contribution is 0.0436. The predicted molar refractivity (Wildman–Crippen MR) is 72.8 cm³/mol. The molecule has 1 aliphatic heterocycles. The zero-order valence-electron chi connectivity index (χ0n) is 11.9. The van der Waals surface area contributed by atoms with Gasteiger partial charge in [-0.05, 0) is 19.8 Å². The molecular weight excluding hydrogens is 274 g/mol. The third-order valence-corrected chi connectivity index (χ3v) is 3.61. The average Bonchev–Trinajstić information content (AvgIpc) is 3.10. The lowest BCUT2D eigenvalue weighted by Gasteiger charge is -2.12. The Kier molecular flexibility index (Phi) is 3.46. The highest BCUT2D eigenvalue weighted by Crippen LogP contribution is 2.25. The van der Waals surface area contributed by atoms with E-state index in [1.807, 2.05) is 6.92 Å². The van der Waals surface area contributed by atoms with E-state index in [4.69, 9.17) is 4.74 Å². The Bertz CT molecular complexity index is 663. The van der Waals surface area contributed by atoms with Crippen LogP contribution in [0.25, 0.3) is 11.3 Å². The van der Waals surface area contributed by atoms with E-state index in [1.54, 1.807) is 28.8 Å². The highest BCUT2D eigenvalue weighted by atomic mass is 16.5. The number of carboxylic acid groups (broad SMARTS) is 1. The first-order valence-electron chi connectivity index (χ1n) is 6.86. The highest BCUT2D eigenvalue weighted by Gasteiger charge is 2.27. The van der Waals surface area contributed by atoms with E-state index in [0.717, 1.165) is 12.8 Å². The zero-order valence-corrected chi connectivity index (χ0v) is 11.9. The summed E-state index contributed by atoms with van der Waals surface area (Å²) >= 11 is 0. The van der Waals surface area contributed by atoms with E-state index >= 15 is 0 Å². The van der Waals surface area contributed by atoms with Crippen LogP contribution >= 0.6 is 0 Å². The van der Waals surface area contributed by atoms with Crippen LogP contribution in [0.5, 0.6) is 0 Å². The number of carbonyl (C=O) groups is 1. The normalized spacial score (nSPS) is 21.8. The van der Waals surface area contributed by atoms with Crippen LogP contribution in [0.4, 0.5) is 0 Å². The van der Waals surface area contributed by atoms with Gasteiger partial charge in [-0.1, -0.05) is 5.21 Å². The second-order valence-electron chi connectivity index (χ2n) is 5.32. The lowest BCUT2D eigenvalue weighted by atomic mass is 10.2. The van der Waals surface area contributed by atoms with Gasteiger partial charge in [0.2, 0.25) is 0 Å². The van der Waals surface area contributed by atoms with Crippen molar-refractivity contribution in [2.24, 2.45) is 7.05 Å². The van der Waals surface area contributed by atoms with Crippen molar-refractivity contribution in [3.05, 3.63) is 18.1 Å². The SMILES string of the molecule is CC1CCC(Cn2nnc(C(=O)O)c2-c2cnn(C)c2)O1. The molecule has 8 nitrogen and oxygen atoms in total. The predicted octanol–water partition coefficient (Wildman–Crippen LogP) is 0.944. The summed E-state index contributed by atoms with van der Waals surface area (Å²) < 4.78 is 8.99. The van der Waals surface area contributed by atoms with Gasteiger partial charge in [-0.2, -0.15) is 5.10 Å². The van der Waals surface area contributed by atoms with Crippen LogP contribution in [-0.4, -0.2) is 48.1 Å². The number of aromatic nitrogens is 5. The van der Waals surface area contributed by atoms with Gasteiger partial charge >= 0.3 is 5.97 Å². The molecule has 3 heterocycles. The maximum atomic E-state index is 11.3. The van der Waals surface area contributed by atoms with Crippen LogP contribution in [0, 0.1) is 0 Å². The molecule has 1 N–H and O–H groups in total. The third-order valence-electron chi connectivity index (χ3n) is 3.61. The maximum absolute atomic E-state index is 11.3. The molecule has 1 saturated heterocycles. The molecule has 0 spiro atoms. The smallest absolute Gasteiger partial charge is 0.358 e. The van der Waals surface area contributed by atoms with Gasteiger partial charge in [0.05, 0.1) is 24.9 Å². The molecule has 2 atom stereocenters. The van der Waals surface area contributed by atoms with Crippen molar-refractivity contribution in [2.45, 2.75) is 38.5 Å². The minimum atomic E-state index is -1.10. The Morgan fingerprint density at radius 3 is 2.90 bits per heavy atom. The summed E-state index contributed by atoms with van der Waals surface area (Å²) in [4.78, 5) is 11.3. The summed E-state index contributed by atoms with van der Waals surface area (Å²) in [6.45, 7) is 2.53. The quantitative estimate of drug-likeness (QED) is 0.901. The molecule has 0 radical (unpaired) electrons. The van der Waals surface area contributed by atoms with Gasteiger partial charge in [0.1, 0.15) is 5.69 Å². The molecule has 0 aliphatic carbocycles. The molecule has 2 aromatic heterocycles. The topological polar surface area (TPSA) is 95.1 Å². The van der Waals surface area contributed by atoms with Crippen molar-refractivity contribution in [2.75, 3.05) is 0 Å². The molecule has 112 valence electrons. The van der Waals surface area contributed by atoms with E-state index in [2.05, 4.69) is 15.4 Å². The van der Waals surface area contributed by atoms with Crippen LogP contribution in [0.2, 0.25) is 0 Å². The monoisotopic (exact) mass is 291 g/mol. The standard InChI is InChI=1S/C13H17N5O3/c1-8-3-4-10(21-8)7-18-12(9-5-14-17(2)6-9)11(13(19)20)15-16-18/h5-6,8,10H,3-4,7H2,1-2H3,(H,19,20). The molecule has 8 heteroatoms. The first kappa shape index (κ1) is 13.7. The van der Waals surface area contributed by atoms with Crippen LogP contribution in [0.3, 0.4) is 0 Å². The van der Waals surface area contributed by atoms with Crippen LogP contribution in [0.15, 0.2) is 12.4 Å². The largest absolute Gasteiger partial charge is 0.476 e. The van der Waals surface area contributed by atoms with Crippen molar-refractivity contribution < 1.29 is 14.6 Å². The molecule has 1 fully saturated rings. The molecule has 3 rings (SSSR count). The van der Waals surface area contributed by atoms with Crippen molar-refractivity contribution in [3.8, 4) is 11.3 Å². The Labute approximate surface area is 121 Å². The number of carboxylic acids is 1. The van der Waals surface area contributed by atoms with Gasteiger partial charge in [-0.15, -0.1) is 5.10 Å². The number of rotatable bonds is 4. The van der Waals surface area contributed by atoms with Crippen molar-refractivity contribution >= 4 is 5.97 Å². The summed E-state index contributed by atoms with van der Waals surface area (Å²) in [7, 11) is 1.78. The summed E-state index contributed by atoms with van der Waals surface area (Å²) in [6, 6.07) is 0. The Morgan fingerprint density at radius 2 is 2.33 bits per heavy atom. The van der Waals surface area contributed by atoms with E-state index in [-0.39, 0.29) is 17.9 Å². The van der Waals surface area contributed by atoms with Crippen LogP contribution in [-0.2, 0) is 18.3 Å². The van der Waals surface area contributed by atoms with E-state index in [0.29, 0.717) is 17.8 Å². The van der Waals surface area contributed by atoms with Crippen molar-refractivity contribution in [1.82, 2.24) is 24.8 Å². The fourth-order valence-electron chi connectivity index (χ4n) is 2.63. The van der Waals surface area contributed by atoms with Gasteiger partial charge in [-0.25, -0.2) is 9.48 Å². The molecule has 1 aliphatic rings. The second kappa shape index (κ2) is 5.28. The van der Waals surface area contributed by atoms with E-state index in [1.165, 1.54) is 0 Å². The first-order valence-corrected chi connectivity index (χ1v) is 6.86. The molecule has 2 unspecified atom stereocenters. The number of aryl methyl sites for hydroxylation is 1. The average molecular weight is 291 g/mol. The summed E-state index contributed by atoms with van der Waals surface area (Å²) in [6.07, 6.45) is 5.58. The second-order valence-corrected chi connectivity index (χ2v) is 5.32. The lowest BCUT2D eigenvalue weighted by Crippen LogP contribution is -2.18. The Morgan fingerprint density at radius 1 is 1.52 bits per heavy atom. The van der Waals surface area contributed by atoms with E-state index < -0.39 is 5.97 Å². The molecular formula is C13H17N5O3. The maximum Gasteiger partial charge on any atom is 0.358 e. The summed E-state index contributed by atoms with van der Waals surface area (Å²) in [5.74, 6) is -1.10. The first-order chi connectivity index (χ1) is 10.0. The number of hydrogen-bond acceptors (Lipinski definition) is 5. The van der Waals surface area contributed by atoms with Gasteiger partial charge in [0.25, 0.3) is 0 Å². The minimum Gasteiger partial charge on any atom is -0.476 e. The molecule has 0 amide bonds. The number of ether oxygens (including phenoxy) is 1. The van der Waals surface area contributed by atoms with Gasteiger partial charge in [0, 0.05) is 18.8 Å². The fourth-order valence-corrected chi connectivity index (χ4v) is 2.63. The molecule has 21 heavy (non-hydrogen) atoms. The zero-order chi connectivity index (χ0) is 15.0. The van der Waals surface area contributed by atoms with Crippen LogP contribution < -0.4 is 0 Å². The van der Waals surface area contributed by atoms with Gasteiger partial charge < -0.3 is 9.84 Å². The third kappa shape index (κ3) is 2.66. The molecule has 0 aromatic carbocycles. The molecule has 0 saturated carbocycles. The minimum absolute atomic E-state index is 0.0405. The molecule has 2 aromatic rings. The van der Waals surface area contributed by atoms with E-state index in [9.17, 15) is 9.90 Å². The Balaban J connectivity index is 1.95. The Hall–Kier alpha value is -2.22. The number of aromatic carboxylic acids is 1. The van der Waals surface area contributed by atoms with Crippen LogP contribution in [0.1, 0.15) is 30.3 Å². The fraction of sp³-hybridized carbons (Fsp3) is 0.538. The van der Waals surface area contributed by atoms with Gasteiger partial charge in [0.15, 0.2) is 5.69 Å². The highest BCUT2D eigenvalue weighted by molar-refractivity contribution is 5.92.